The fourth-order valence-corrected chi connectivity index (χ4v) is 2.46. The largest absolute Gasteiger partial charge is 0.375 e. The fourth-order valence-electron chi connectivity index (χ4n) is 2.46. The van der Waals surface area contributed by atoms with Gasteiger partial charge in [-0.15, -0.1) is 0 Å². The highest BCUT2D eigenvalue weighted by molar-refractivity contribution is 5.89. The Morgan fingerprint density at radius 2 is 2.17 bits per heavy atom. The molecule has 0 saturated heterocycles. The summed E-state index contributed by atoms with van der Waals surface area (Å²) >= 11 is 0. The SMILES string of the molecule is COCC(=O)NC(Cc1c[nH]c2ccccc12)C(=O)NCCC#N. The van der Waals surface area contributed by atoms with Crippen molar-refractivity contribution in [3.63, 3.8) is 0 Å². The van der Waals surface area contributed by atoms with Crippen molar-refractivity contribution in [2.24, 2.45) is 0 Å². The van der Waals surface area contributed by atoms with E-state index in [9.17, 15) is 9.59 Å². The van der Waals surface area contributed by atoms with Crippen molar-refractivity contribution < 1.29 is 14.3 Å². The van der Waals surface area contributed by atoms with Crippen LogP contribution in [-0.2, 0) is 20.7 Å². The number of benzene rings is 1. The number of fused-ring (bicyclic) bond motifs is 1. The molecule has 126 valence electrons. The molecule has 1 atom stereocenters. The van der Waals surface area contributed by atoms with Crippen LogP contribution in [0.5, 0.6) is 0 Å². The quantitative estimate of drug-likeness (QED) is 0.625. The number of hydrogen-bond acceptors (Lipinski definition) is 4. The van der Waals surface area contributed by atoms with E-state index in [4.69, 9.17) is 10.00 Å². The third kappa shape index (κ3) is 4.57. The van der Waals surface area contributed by atoms with Gasteiger partial charge in [0, 0.05) is 37.2 Å². The lowest BCUT2D eigenvalue weighted by atomic mass is 10.0. The molecule has 1 heterocycles. The van der Waals surface area contributed by atoms with Crippen LogP contribution in [-0.4, -0.2) is 43.1 Å². The van der Waals surface area contributed by atoms with Crippen molar-refractivity contribution >= 4 is 22.7 Å². The molecule has 0 aliphatic carbocycles. The summed E-state index contributed by atoms with van der Waals surface area (Å²) in [6, 6.07) is 8.99. The molecule has 0 fully saturated rings. The number of nitrogens with one attached hydrogen (secondary N) is 3. The average molecular weight is 328 g/mol. The molecule has 7 heteroatoms. The standard InChI is InChI=1S/C17H20N4O3/c1-24-11-16(22)21-15(17(23)19-8-4-7-18)9-12-10-20-14-6-3-2-5-13(12)14/h2-3,5-6,10,15,20H,4,8-9,11H2,1H3,(H,19,23)(H,21,22). The highest BCUT2D eigenvalue weighted by atomic mass is 16.5. The zero-order valence-electron chi connectivity index (χ0n) is 13.5. The molecule has 0 saturated carbocycles. The number of hydrogen-bond donors (Lipinski definition) is 3. The molecule has 1 aromatic carbocycles. The molecule has 2 rings (SSSR count). The van der Waals surface area contributed by atoms with Gasteiger partial charge in [0.15, 0.2) is 0 Å². The zero-order chi connectivity index (χ0) is 17.4. The van der Waals surface area contributed by atoms with Crippen LogP contribution in [0.15, 0.2) is 30.5 Å². The van der Waals surface area contributed by atoms with E-state index in [0.29, 0.717) is 6.42 Å². The van der Waals surface area contributed by atoms with Crippen LogP contribution in [0.4, 0.5) is 0 Å². The number of nitriles is 1. The number of H-pyrrole nitrogens is 1. The molecule has 24 heavy (non-hydrogen) atoms. The van der Waals surface area contributed by atoms with E-state index >= 15 is 0 Å². The number of nitrogens with zero attached hydrogens (tertiary/aromatic N) is 1. The predicted molar refractivity (Wildman–Crippen MR) is 89.0 cm³/mol. The molecule has 0 bridgehead atoms. The maximum absolute atomic E-state index is 12.3. The molecule has 2 aromatic rings. The Kier molecular flexibility index (Phi) is 6.34. The lowest BCUT2D eigenvalue weighted by molar-refractivity contribution is -0.130. The van der Waals surface area contributed by atoms with Crippen molar-refractivity contribution in [3.05, 3.63) is 36.0 Å². The number of para-hydroxylation sites is 1. The van der Waals surface area contributed by atoms with Crippen molar-refractivity contribution in [2.45, 2.75) is 18.9 Å². The van der Waals surface area contributed by atoms with Gasteiger partial charge in [0.2, 0.25) is 11.8 Å². The highest BCUT2D eigenvalue weighted by Crippen LogP contribution is 2.19. The van der Waals surface area contributed by atoms with Gasteiger partial charge in [-0.2, -0.15) is 5.26 Å². The number of methoxy groups -OCH3 is 1. The Morgan fingerprint density at radius 1 is 1.38 bits per heavy atom. The van der Waals surface area contributed by atoms with E-state index in [1.54, 1.807) is 0 Å². The molecule has 1 unspecified atom stereocenters. The summed E-state index contributed by atoms with van der Waals surface area (Å²) in [5.74, 6) is -0.683. The van der Waals surface area contributed by atoms with Gasteiger partial charge in [-0.1, -0.05) is 18.2 Å². The molecule has 0 aliphatic rings. The number of rotatable bonds is 8. The Labute approximate surface area is 140 Å². The minimum atomic E-state index is -0.731. The van der Waals surface area contributed by atoms with Crippen LogP contribution in [0.2, 0.25) is 0 Å². The van der Waals surface area contributed by atoms with E-state index in [2.05, 4.69) is 15.6 Å². The minimum Gasteiger partial charge on any atom is -0.375 e. The lowest BCUT2D eigenvalue weighted by Gasteiger charge is -2.18. The van der Waals surface area contributed by atoms with Crippen LogP contribution in [0.1, 0.15) is 12.0 Å². The van der Waals surface area contributed by atoms with Gasteiger partial charge in [0.1, 0.15) is 12.6 Å². The minimum absolute atomic E-state index is 0.115. The Morgan fingerprint density at radius 3 is 2.92 bits per heavy atom. The van der Waals surface area contributed by atoms with Crippen molar-refractivity contribution in [2.75, 3.05) is 20.3 Å². The Balaban J connectivity index is 2.13. The van der Waals surface area contributed by atoms with Crippen LogP contribution < -0.4 is 10.6 Å². The molecule has 3 N–H and O–H groups in total. The number of aromatic amines is 1. The molecule has 0 spiro atoms. The van der Waals surface area contributed by atoms with Gasteiger partial charge in [-0.3, -0.25) is 9.59 Å². The smallest absolute Gasteiger partial charge is 0.246 e. The summed E-state index contributed by atoms with van der Waals surface area (Å²) < 4.78 is 4.80. The van der Waals surface area contributed by atoms with Crippen molar-refractivity contribution in [3.8, 4) is 6.07 Å². The summed E-state index contributed by atoms with van der Waals surface area (Å²) in [7, 11) is 1.42. The van der Waals surface area contributed by atoms with Crippen LogP contribution >= 0.6 is 0 Å². The van der Waals surface area contributed by atoms with Crippen molar-refractivity contribution in [1.82, 2.24) is 15.6 Å². The molecular weight excluding hydrogens is 308 g/mol. The first-order valence-electron chi connectivity index (χ1n) is 7.63. The second-order valence-corrected chi connectivity index (χ2v) is 5.32. The zero-order valence-corrected chi connectivity index (χ0v) is 13.5. The number of carbonyl (C=O) groups excluding carboxylic acids is 2. The van der Waals surface area contributed by atoms with E-state index in [-0.39, 0.29) is 31.4 Å². The first-order valence-corrected chi connectivity index (χ1v) is 7.63. The Bertz CT molecular complexity index is 748. The average Bonchev–Trinajstić information content (AvgIpc) is 2.98. The van der Waals surface area contributed by atoms with Gasteiger partial charge in [-0.25, -0.2) is 0 Å². The van der Waals surface area contributed by atoms with Gasteiger partial charge >= 0.3 is 0 Å². The summed E-state index contributed by atoms with van der Waals surface area (Å²) in [5, 5.41) is 14.9. The number of carbonyl (C=O) groups is 2. The third-order valence-corrected chi connectivity index (χ3v) is 3.56. The summed E-state index contributed by atoms with van der Waals surface area (Å²) in [6.45, 7) is 0.135. The first kappa shape index (κ1) is 17.5. The summed E-state index contributed by atoms with van der Waals surface area (Å²) in [6.07, 6.45) is 2.40. The lowest BCUT2D eigenvalue weighted by Crippen LogP contribution is -2.49. The third-order valence-electron chi connectivity index (χ3n) is 3.56. The molecule has 0 radical (unpaired) electrons. The second-order valence-electron chi connectivity index (χ2n) is 5.32. The monoisotopic (exact) mass is 328 g/mol. The topological polar surface area (TPSA) is 107 Å². The van der Waals surface area contributed by atoms with E-state index in [1.807, 2.05) is 36.5 Å². The van der Waals surface area contributed by atoms with Gasteiger partial charge in [0.05, 0.1) is 12.5 Å². The molecular formula is C17H20N4O3. The maximum atomic E-state index is 12.3. The number of amides is 2. The van der Waals surface area contributed by atoms with Crippen LogP contribution in [0.25, 0.3) is 10.9 Å². The predicted octanol–water partition coefficient (Wildman–Crippen LogP) is 0.871. The summed E-state index contributed by atoms with van der Waals surface area (Å²) in [4.78, 5) is 27.3. The van der Waals surface area contributed by atoms with E-state index in [1.165, 1.54) is 7.11 Å². The number of ether oxygens (including phenoxy) is 1. The molecule has 7 nitrogen and oxygen atoms in total. The molecule has 1 aromatic heterocycles. The first-order chi connectivity index (χ1) is 11.7. The molecule has 2 amide bonds. The Hall–Kier alpha value is -2.85. The van der Waals surface area contributed by atoms with Crippen LogP contribution in [0.3, 0.4) is 0 Å². The van der Waals surface area contributed by atoms with E-state index in [0.717, 1.165) is 16.5 Å². The van der Waals surface area contributed by atoms with Gasteiger partial charge in [-0.05, 0) is 11.6 Å². The highest BCUT2D eigenvalue weighted by Gasteiger charge is 2.22. The molecule has 0 aliphatic heterocycles. The fraction of sp³-hybridized carbons (Fsp3) is 0.353. The van der Waals surface area contributed by atoms with Crippen LogP contribution in [0, 0.1) is 11.3 Å². The summed E-state index contributed by atoms with van der Waals surface area (Å²) in [5.41, 5.74) is 1.91. The second kappa shape index (κ2) is 8.70. The van der Waals surface area contributed by atoms with Crippen molar-refractivity contribution in [1.29, 1.82) is 5.26 Å². The normalized spacial score (nSPS) is 11.7. The maximum Gasteiger partial charge on any atom is 0.246 e. The van der Waals surface area contributed by atoms with Gasteiger partial charge < -0.3 is 20.4 Å². The van der Waals surface area contributed by atoms with Gasteiger partial charge in [0.25, 0.3) is 0 Å². The number of aromatic nitrogens is 1. The van der Waals surface area contributed by atoms with E-state index < -0.39 is 6.04 Å².